The van der Waals surface area contributed by atoms with E-state index in [4.69, 9.17) is 10.5 Å². The maximum atomic E-state index is 12.3. The number of anilines is 1. The van der Waals surface area contributed by atoms with E-state index < -0.39 is 6.61 Å². The Morgan fingerprint density at radius 3 is 2.68 bits per heavy atom. The first kappa shape index (κ1) is 15.7. The fraction of sp³-hybridized carbons (Fsp3) is 0.538. The number of benzene rings is 1. The number of methoxy groups -OCH3 is 1. The van der Waals surface area contributed by atoms with Crippen molar-refractivity contribution in [2.75, 3.05) is 25.6 Å². The lowest BCUT2D eigenvalue weighted by Crippen LogP contribution is -2.26. The van der Waals surface area contributed by atoms with Crippen LogP contribution in [-0.2, 0) is 4.74 Å². The Labute approximate surface area is 111 Å². The smallest absolute Gasteiger partial charge is 0.387 e. The average molecular weight is 274 g/mol. The highest BCUT2D eigenvalue weighted by molar-refractivity contribution is 5.56. The molecule has 0 aliphatic rings. The molecule has 6 heteroatoms. The van der Waals surface area contributed by atoms with Gasteiger partial charge in [0, 0.05) is 13.2 Å². The lowest BCUT2D eigenvalue weighted by Gasteiger charge is -2.20. The Kier molecular flexibility index (Phi) is 7.14. The van der Waals surface area contributed by atoms with Crippen LogP contribution in [0, 0.1) is 0 Å². The van der Waals surface area contributed by atoms with Crippen LogP contribution in [0.15, 0.2) is 24.3 Å². The lowest BCUT2D eigenvalue weighted by molar-refractivity contribution is -0.0494. The molecule has 0 aromatic heterocycles. The monoisotopic (exact) mass is 274 g/mol. The van der Waals surface area contributed by atoms with Crippen molar-refractivity contribution in [1.82, 2.24) is 0 Å². The van der Waals surface area contributed by atoms with Crippen LogP contribution in [0.3, 0.4) is 0 Å². The summed E-state index contributed by atoms with van der Waals surface area (Å²) in [6.07, 6.45) is 1.63. The first-order chi connectivity index (χ1) is 9.17. The zero-order valence-electron chi connectivity index (χ0n) is 10.9. The molecule has 0 aliphatic carbocycles. The Balaban J connectivity index is 2.71. The van der Waals surface area contributed by atoms with Gasteiger partial charge in [-0.05, 0) is 31.5 Å². The van der Waals surface area contributed by atoms with Gasteiger partial charge in [0.1, 0.15) is 5.75 Å². The molecule has 0 saturated heterocycles. The van der Waals surface area contributed by atoms with Gasteiger partial charge < -0.3 is 20.5 Å². The number of halogens is 2. The Morgan fingerprint density at radius 2 is 2.05 bits per heavy atom. The van der Waals surface area contributed by atoms with Gasteiger partial charge in [0.2, 0.25) is 0 Å². The number of nitrogens with one attached hydrogen (secondary N) is 1. The van der Waals surface area contributed by atoms with Crippen molar-refractivity contribution >= 4 is 5.69 Å². The minimum absolute atomic E-state index is 0.0102. The summed E-state index contributed by atoms with van der Waals surface area (Å²) in [4.78, 5) is 0. The van der Waals surface area contributed by atoms with Crippen molar-refractivity contribution in [3.05, 3.63) is 24.3 Å². The highest BCUT2D eigenvalue weighted by Crippen LogP contribution is 2.26. The maximum Gasteiger partial charge on any atom is 0.387 e. The summed E-state index contributed by atoms with van der Waals surface area (Å²) in [5.41, 5.74) is 6.00. The van der Waals surface area contributed by atoms with Crippen LogP contribution < -0.4 is 15.8 Å². The molecule has 19 heavy (non-hydrogen) atoms. The predicted octanol–water partition coefficient (Wildman–Crippen LogP) is 2.45. The summed E-state index contributed by atoms with van der Waals surface area (Å²) in [5.74, 6) is 0.131. The molecule has 3 N–H and O–H groups in total. The van der Waals surface area contributed by atoms with Crippen molar-refractivity contribution in [3.8, 4) is 5.75 Å². The third-order valence-electron chi connectivity index (χ3n) is 2.59. The lowest BCUT2D eigenvalue weighted by atomic mass is 10.1. The number of ether oxygens (including phenoxy) is 2. The molecular weight excluding hydrogens is 254 g/mol. The molecule has 0 saturated carbocycles. The zero-order chi connectivity index (χ0) is 14.1. The fourth-order valence-electron chi connectivity index (χ4n) is 1.77. The third kappa shape index (κ3) is 5.85. The molecule has 1 atom stereocenters. The molecule has 0 radical (unpaired) electrons. The number of alkyl halides is 2. The second-order valence-electron chi connectivity index (χ2n) is 4.10. The van der Waals surface area contributed by atoms with E-state index in [0.717, 1.165) is 12.8 Å². The van der Waals surface area contributed by atoms with Gasteiger partial charge in [-0.15, -0.1) is 0 Å². The normalized spacial score (nSPS) is 12.5. The molecule has 1 aromatic carbocycles. The summed E-state index contributed by atoms with van der Waals surface area (Å²) in [6.45, 7) is -1.78. The molecule has 0 aliphatic heterocycles. The second-order valence-corrected chi connectivity index (χ2v) is 4.10. The largest absolute Gasteiger partial charge is 0.433 e. The molecule has 0 spiro atoms. The molecule has 0 fully saturated rings. The summed E-state index contributed by atoms with van der Waals surface area (Å²) in [5, 5.41) is 3.15. The van der Waals surface area contributed by atoms with Gasteiger partial charge in [0.05, 0.1) is 12.3 Å². The molecule has 0 bridgehead atoms. The van der Waals surface area contributed by atoms with Gasteiger partial charge in [-0.2, -0.15) is 8.78 Å². The molecule has 4 nitrogen and oxygen atoms in total. The van der Waals surface area contributed by atoms with Gasteiger partial charge in [0.25, 0.3) is 0 Å². The quantitative estimate of drug-likeness (QED) is 0.726. The molecular formula is C13H20F2N2O2. The topological polar surface area (TPSA) is 56.5 Å². The van der Waals surface area contributed by atoms with E-state index in [1.165, 1.54) is 6.07 Å². The average Bonchev–Trinajstić information content (AvgIpc) is 2.38. The van der Waals surface area contributed by atoms with Gasteiger partial charge >= 0.3 is 6.61 Å². The summed E-state index contributed by atoms with van der Waals surface area (Å²) >= 11 is 0. The van der Waals surface area contributed by atoms with Crippen molar-refractivity contribution < 1.29 is 18.3 Å². The number of nitrogens with two attached hydrogens (primary N) is 1. The Bertz CT molecular complexity index is 364. The summed E-state index contributed by atoms with van der Waals surface area (Å²) in [7, 11) is 1.60. The SMILES string of the molecule is COCC(CCCN)Nc1ccccc1OC(F)F. The van der Waals surface area contributed by atoms with Crippen molar-refractivity contribution in [2.24, 2.45) is 5.73 Å². The highest BCUT2D eigenvalue weighted by atomic mass is 19.3. The van der Waals surface area contributed by atoms with Gasteiger partial charge in [-0.25, -0.2) is 0 Å². The van der Waals surface area contributed by atoms with Crippen molar-refractivity contribution in [3.63, 3.8) is 0 Å². The Morgan fingerprint density at radius 1 is 1.32 bits per heavy atom. The van der Waals surface area contributed by atoms with E-state index in [1.54, 1.807) is 25.3 Å². The second kappa shape index (κ2) is 8.66. The van der Waals surface area contributed by atoms with Crippen LogP contribution >= 0.6 is 0 Å². The number of hydrogen-bond acceptors (Lipinski definition) is 4. The standard InChI is InChI=1S/C13H20F2N2O2/c1-18-9-10(5-4-8-16)17-11-6-2-3-7-12(11)19-13(14)15/h2-3,6-7,10,13,17H,4-5,8-9,16H2,1H3. The number of para-hydroxylation sites is 2. The fourth-order valence-corrected chi connectivity index (χ4v) is 1.77. The van der Waals surface area contributed by atoms with E-state index in [1.807, 2.05) is 0 Å². The van der Waals surface area contributed by atoms with E-state index >= 15 is 0 Å². The molecule has 1 aromatic rings. The highest BCUT2D eigenvalue weighted by Gasteiger charge is 2.13. The van der Waals surface area contributed by atoms with Crippen LogP contribution in [0.25, 0.3) is 0 Å². The number of hydrogen-bond donors (Lipinski definition) is 2. The summed E-state index contributed by atoms with van der Waals surface area (Å²) in [6, 6.07) is 6.61. The van der Waals surface area contributed by atoms with E-state index in [-0.39, 0.29) is 11.8 Å². The molecule has 0 heterocycles. The van der Waals surface area contributed by atoms with Crippen LogP contribution in [0.1, 0.15) is 12.8 Å². The van der Waals surface area contributed by atoms with Crippen molar-refractivity contribution in [2.45, 2.75) is 25.5 Å². The first-order valence-electron chi connectivity index (χ1n) is 6.16. The van der Waals surface area contributed by atoms with E-state index in [2.05, 4.69) is 10.1 Å². The van der Waals surface area contributed by atoms with Crippen LogP contribution in [-0.4, -0.2) is 32.9 Å². The molecule has 0 amide bonds. The molecule has 1 unspecified atom stereocenters. The van der Waals surface area contributed by atoms with Gasteiger partial charge in [0.15, 0.2) is 0 Å². The maximum absolute atomic E-state index is 12.3. The number of rotatable bonds is 9. The van der Waals surface area contributed by atoms with E-state index in [0.29, 0.717) is 18.8 Å². The summed E-state index contributed by atoms with van der Waals surface area (Å²) < 4.78 is 34.2. The predicted molar refractivity (Wildman–Crippen MR) is 70.6 cm³/mol. The third-order valence-corrected chi connectivity index (χ3v) is 2.59. The molecule has 1 rings (SSSR count). The zero-order valence-corrected chi connectivity index (χ0v) is 10.9. The van der Waals surface area contributed by atoms with Crippen LogP contribution in [0.5, 0.6) is 5.75 Å². The van der Waals surface area contributed by atoms with E-state index in [9.17, 15) is 8.78 Å². The Hall–Kier alpha value is -1.40. The first-order valence-corrected chi connectivity index (χ1v) is 6.16. The minimum Gasteiger partial charge on any atom is -0.433 e. The van der Waals surface area contributed by atoms with Crippen molar-refractivity contribution in [1.29, 1.82) is 0 Å². The minimum atomic E-state index is -2.84. The molecule has 108 valence electrons. The van der Waals surface area contributed by atoms with Gasteiger partial charge in [-0.1, -0.05) is 12.1 Å². The van der Waals surface area contributed by atoms with Gasteiger partial charge in [-0.3, -0.25) is 0 Å². The van der Waals surface area contributed by atoms with Crippen LogP contribution in [0.4, 0.5) is 14.5 Å². The van der Waals surface area contributed by atoms with Crippen LogP contribution in [0.2, 0.25) is 0 Å².